The highest BCUT2D eigenvalue weighted by molar-refractivity contribution is 5.76. The summed E-state index contributed by atoms with van der Waals surface area (Å²) in [6, 6.07) is 9.06. The van der Waals surface area contributed by atoms with Crippen LogP contribution in [0.2, 0.25) is 0 Å². The molecule has 16 heavy (non-hydrogen) atoms. The molecule has 1 aromatic rings. The number of carbonyl (C=O) groups excluding carboxylic acids is 2. The molecule has 0 bridgehead atoms. The van der Waals surface area contributed by atoms with Crippen molar-refractivity contribution in [2.45, 2.75) is 13.5 Å². The molecule has 0 spiro atoms. The molecular formula is C11H12O5. The maximum atomic E-state index is 11.0. The average molecular weight is 224 g/mol. The lowest BCUT2D eigenvalue weighted by molar-refractivity contribution is 0.0353. The van der Waals surface area contributed by atoms with E-state index in [2.05, 4.69) is 14.2 Å². The molecule has 0 amide bonds. The second-order valence-corrected chi connectivity index (χ2v) is 2.81. The van der Waals surface area contributed by atoms with Crippen LogP contribution in [0.4, 0.5) is 9.59 Å². The van der Waals surface area contributed by atoms with Crippen LogP contribution in [0.3, 0.4) is 0 Å². The third kappa shape index (κ3) is 4.45. The summed E-state index contributed by atoms with van der Waals surface area (Å²) >= 11 is 0. The summed E-state index contributed by atoms with van der Waals surface area (Å²) in [6.07, 6.45) is -2.12. The summed E-state index contributed by atoms with van der Waals surface area (Å²) in [5, 5.41) is 0. The van der Waals surface area contributed by atoms with Gasteiger partial charge in [0.2, 0.25) is 0 Å². The molecule has 0 N–H and O–H groups in total. The van der Waals surface area contributed by atoms with Crippen LogP contribution in [0, 0.1) is 0 Å². The van der Waals surface area contributed by atoms with Crippen LogP contribution in [0.1, 0.15) is 12.5 Å². The SMILES string of the molecule is CCOC(=O)OC(=O)OCc1ccccc1. The van der Waals surface area contributed by atoms with Gasteiger partial charge in [-0.15, -0.1) is 0 Å². The van der Waals surface area contributed by atoms with Gasteiger partial charge in [-0.2, -0.15) is 0 Å². The van der Waals surface area contributed by atoms with Gasteiger partial charge in [0, 0.05) is 0 Å². The number of hydrogen-bond donors (Lipinski definition) is 0. The molecule has 0 aliphatic heterocycles. The maximum absolute atomic E-state index is 11.0. The molecular weight excluding hydrogens is 212 g/mol. The standard InChI is InChI=1S/C11H12O5/c1-2-14-10(12)16-11(13)15-8-9-6-4-3-5-7-9/h3-7H,2,8H2,1H3. The average Bonchev–Trinajstić information content (AvgIpc) is 2.28. The van der Waals surface area contributed by atoms with Gasteiger partial charge in [0.25, 0.3) is 0 Å². The van der Waals surface area contributed by atoms with Gasteiger partial charge >= 0.3 is 12.3 Å². The Labute approximate surface area is 92.9 Å². The van der Waals surface area contributed by atoms with Gasteiger partial charge in [-0.05, 0) is 12.5 Å². The molecule has 0 aliphatic carbocycles. The molecule has 0 radical (unpaired) electrons. The normalized spacial score (nSPS) is 9.31. The summed E-state index contributed by atoms with van der Waals surface area (Å²) in [4.78, 5) is 21.7. The predicted molar refractivity (Wildman–Crippen MR) is 54.7 cm³/mol. The van der Waals surface area contributed by atoms with E-state index in [0.29, 0.717) is 0 Å². The summed E-state index contributed by atoms with van der Waals surface area (Å²) in [6.45, 7) is 1.81. The number of hydrogen-bond acceptors (Lipinski definition) is 5. The zero-order valence-electron chi connectivity index (χ0n) is 8.84. The first kappa shape index (κ1) is 12.0. The lowest BCUT2D eigenvalue weighted by Gasteiger charge is -2.04. The Kier molecular flexibility index (Phi) is 4.85. The van der Waals surface area contributed by atoms with Crippen molar-refractivity contribution in [1.82, 2.24) is 0 Å². The van der Waals surface area contributed by atoms with Crippen LogP contribution in [0.25, 0.3) is 0 Å². The first-order valence-electron chi connectivity index (χ1n) is 4.77. The molecule has 5 heteroatoms. The Balaban J connectivity index is 2.28. The van der Waals surface area contributed by atoms with E-state index in [-0.39, 0.29) is 13.2 Å². The van der Waals surface area contributed by atoms with Gasteiger partial charge in [0.1, 0.15) is 6.61 Å². The Hall–Kier alpha value is -2.04. The van der Waals surface area contributed by atoms with Crippen LogP contribution in [0.5, 0.6) is 0 Å². The van der Waals surface area contributed by atoms with Crippen LogP contribution in [-0.4, -0.2) is 18.9 Å². The molecule has 0 saturated heterocycles. The second kappa shape index (κ2) is 6.44. The molecule has 0 fully saturated rings. The molecule has 0 unspecified atom stereocenters. The van der Waals surface area contributed by atoms with E-state index in [1.54, 1.807) is 19.1 Å². The van der Waals surface area contributed by atoms with E-state index in [1.807, 2.05) is 18.2 Å². The molecule has 1 rings (SSSR count). The fraction of sp³-hybridized carbons (Fsp3) is 0.273. The lowest BCUT2D eigenvalue weighted by atomic mass is 10.2. The maximum Gasteiger partial charge on any atom is 0.518 e. The van der Waals surface area contributed by atoms with Gasteiger partial charge < -0.3 is 14.2 Å². The van der Waals surface area contributed by atoms with Crippen LogP contribution >= 0.6 is 0 Å². The van der Waals surface area contributed by atoms with Crippen molar-refractivity contribution < 1.29 is 23.8 Å². The topological polar surface area (TPSA) is 61.8 Å². The van der Waals surface area contributed by atoms with Crippen molar-refractivity contribution in [3.63, 3.8) is 0 Å². The molecule has 0 aromatic heterocycles. The van der Waals surface area contributed by atoms with E-state index in [1.165, 1.54) is 0 Å². The largest absolute Gasteiger partial charge is 0.518 e. The fourth-order valence-electron chi connectivity index (χ4n) is 0.961. The van der Waals surface area contributed by atoms with Crippen molar-refractivity contribution in [2.75, 3.05) is 6.61 Å². The smallest absolute Gasteiger partial charge is 0.434 e. The highest BCUT2D eigenvalue weighted by Crippen LogP contribution is 2.01. The summed E-state index contributed by atoms with van der Waals surface area (Å²) in [5.41, 5.74) is 0.809. The monoisotopic (exact) mass is 224 g/mol. The Morgan fingerprint density at radius 3 is 2.31 bits per heavy atom. The molecule has 0 saturated carbocycles. The highest BCUT2D eigenvalue weighted by Gasteiger charge is 2.12. The Morgan fingerprint density at radius 2 is 1.69 bits per heavy atom. The molecule has 0 aliphatic rings. The van der Waals surface area contributed by atoms with Crippen LogP contribution in [0.15, 0.2) is 30.3 Å². The van der Waals surface area contributed by atoms with Crippen molar-refractivity contribution in [3.8, 4) is 0 Å². The minimum absolute atomic E-state index is 0.0546. The van der Waals surface area contributed by atoms with Gasteiger partial charge in [0.15, 0.2) is 0 Å². The molecule has 0 heterocycles. The first-order valence-corrected chi connectivity index (χ1v) is 4.77. The zero-order chi connectivity index (χ0) is 11.8. The number of ether oxygens (including phenoxy) is 3. The molecule has 0 atom stereocenters. The van der Waals surface area contributed by atoms with Gasteiger partial charge in [-0.1, -0.05) is 30.3 Å². The van der Waals surface area contributed by atoms with Crippen molar-refractivity contribution in [2.24, 2.45) is 0 Å². The molecule has 86 valence electrons. The minimum atomic E-state index is -1.07. The van der Waals surface area contributed by atoms with E-state index in [4.69, 9.17) is 0 Å². The Bertz CT molecular complexity index is 347. The van der Waals surface area contributed by atoms with Crippen molar-refractivity contribution in [3.05, 3.63) is 35.9 Å². The summed E-state index contributed by atoms with van der Waals surface area (Å²) in [7, 11) is 0. The predicted octanol–water partition coefficient (Wildman–Crippen LogP) is 2.50. The highest BCUT2D eigenvalue weighted by atomic mass is 16.8. The zero-order valence-corrected chi connectivity index (χ0v) is 8.84. The van der Waals surface area contributed by atoms with Gasteiger partial charge in [-0.25, -0.2) is 9.59 Å². The number of rotatable bonds is 3. The minimum Gasteiger partial charge on any atom is -0.434 e. The second-order valence-electron chi connectivity index (χ2n) is 2.81. The van der Waals surface area contributed by atoms with Crippen LogP contribution < -0.4 is 0 Å². The van der Waals surface area contributed by atoms with Crippen LogP contribution in [-0.2, 0) is 20.8 Å². The number of carbonyl (C=O) groups is 2. The van der Waals surface area contributed by atoms with Crippen molar-refractivity contribution in [1.29, 1.82) is 0 Å². The van der Waals surface area contributed by atoms with E-state index in [0.717, 1.165) is 5.56 Å². The van der Waals surface area contributed by atoms with E-state index >= 15 is 0 Å². The van der Waals surface area contributed by atoms with E-state index in [9.17, 15) is 9.59 Å². The summed E-state index contributed by atoms with van der Waals surface area (Å²) in [5.74, 6) is 0. The van der Waals surface area contributed by atoms with Gasteiger partial charge in [-0.3, -0.25) is 0 Å². The fourth-order valence-corrected chi connectivity index (χ4v) is 0.961. The third-order valence-corrected chi connectivity index (χ3v) is 1.63. The number of benzene rings is 1. The lowest BCUT2D eigenvalue weighted by Crippen LogP contribution is -2.14. The van der Waals surface area contributed by atoms with Crippen molar-refractivity contribution >= 4 is 12.3 Å². The molecule has 1 aromatic carbocycles. The van der Waals surface area contributed by atoms with Gasteiger partial charge in [0.05, 0.1) is 6.61 Å². The van der Waals surface area contributed by atoms with E-state index < -0.39 is 12.3 Å². The first-order chi connectivity index (χ1) is 7.72. The quantitative estimate of drug-likeness (QED) is 0.583. The Morgan fingerprint density at radius 1 is 1.06 bits per heavy atom. The third-order valence-electron chi connectivity index (χ3n) is 1.63. The molecule has 5 nitrogen and oxygen atoms in total. The summed E-state index contributed by atoms with van der Waals surface area (Å²) < 4.78 is 13.3.